The van der Waals surface area contributed by atoms with E-state index < -0.39 is 127 Å². The van der Waals surface area contributed by atoms with Crippen molar-refractivity contribution in [3.05, 3.63) is 114 Å². The zero-order valence-electron chi connectivity index (χ0n) is 44.7. The Morgan fingerprint density at radius 3 is 1.55 bits per heavy atom. The van der Waals surface area contributed by atoms with Crippen LogP contribution in [0.3, 0.4) is 0 Å². The molecule has 1 aliphatic heterocycles. The maximum absolute atomic E-state index is 14.4. The van der Waals surface area contributed by atoms with Gasteiger partial charge >= 0.3 is 0 Å². The molecular weight excluding hydrogens is 1090 g/mol. The number of aromatic hydroxyl groups is 1. The van der Waals surface area contributed by atoms with Gasteiger partial charge in [-0.25, -0.2) is 15.0 Å². The smallest absolute Gasteiger partial charge is 0.271 e. The van der Waals surface area contributed by atoms with Gasteiger partial charge in [0.1, 0.15) is 56.0 Å². The van der Waals surface area contributed by atoms with E-state index in [4.69, 9.17) is 5.73 Å². The Labute approximate surface area is 473 Å². The fraction of sp³-hybridized carbons (Fsp3) is 0.415. The zero-order chi connectivity index (χ0) is 58.2. The summed E-state index contributed by atoms with van der Waals surface area (Å²) in [7, 11) is 0. The molecule has 6 atom stereocenters. The summed E-state index contributed by atoms with van der Waals surface area (Å²) in [5, 5.41) is 39.2. The number of carbonyl (C=O) groups excluding carboxylic acids is 10. The Morgan fingerprint density at radius 1 is 0.525 bits per heavy atom. The minimum Gasteiger partial charge on any atom is -0.508 e. The topological polar surface area (TPSA) is 364 Å². The second-order valence-corrected chi connectivity index (χ2v) is 22.7. The molecular formula is C53H65N13O11S3. The molecule has 12 N–H and O–H groups in total. The summed E-state index contributed by atoms with van der Waals surface area (Å²) in [4.78, 5) is 148. The highest BCUT2D eigenvalue weighted by Crippen LogP contribution is 2.29. The molecule has 10 amide bonds. The van der Waals surface area contributed by atoms with Gasteiger partial charge in [-0.15, -0.1) is 34.0 Å². The quantitative estimate of drug-likeness (QED) is 0.0954. The first-order valence-electron chi connectivity index (χ1n) is 25.6. The number of nitrogens with two attached hydrogens (primary N) is 1. The molecule has 0 radical (unpaired) electrons. The number of hydrogen-bond acceptors (Lipinski definition) is 17. The number of amides is 10. The van der Waals surface area contributed by atoms with Crippen LogP contribution in [-0.4, -0.2) is 117 Å². The highest BCUT2D eigenvalue weighted by molar-refractivity contribution is 7.10. The monoisotopic (exact) mass is 1160 g/mol. The molecule has 0 spiro atoms. The van der Waals surface area contributed by atoms with E-state index in [1.807, 2.05) is 33.8 Å². The second kappa shape index (κ2) is 28.6. The van der Waals surface area contributed by atoms with Crippen molar-refractivity contribution in [3.8, 4) is 5.75 Å². The lowest BCUT2D eigenvalue weighted by Gasteiger charge is -2.27. The van der Waals surface area contributed by atoms with E-state index in [1.54, 1.807) is 55.6 Å². The second-order valence-electron chi connectivity index (χ2n) is 20.0. The van der Waals surface area contributed by atoms with Crippen LogP contribution in [0.25, 0.3) is 0 Å². The lowest BCUT2D eigenvalue weighted by Crippen LogP contribution is -2.57. The summed E-state index contributed by atoms with van der Waals surface area (Å²) in [6.07, 6.45) is -0.103. The summed E-state index contributed by atoms with van der Waals surface area (Å²) in [5.74, 6) is -8.02. The van der Waals surface area contributed by atoms with Crippen LogP contribution in [-0.2, 0) is 46.4 Å². The number of primary amides is 1. The third kappa shape index (κ3) is 17.9. The van der Waals surface area contributed by atoms with E-state index in [-0.39, 0.29) is 52.5 Å². The van der Waals surface area contributed by atoms with E-state index >= 15 is 0 Å². The Kier molecular flexibility index (Phi) is 21.8. The Morgan fingerprint density at radius 2 is 0.988 bits per heavy atom. The van der Waals surface area contributed by atoms with Gasteiger partial charge in [-0.2, -0.15) is 0 Å². The normalized spacial score (nSPS) is 21.0. The predicted octanol–water partition coefficient (Wildman–Crippen LogP) is 2.01. The molecule has 0 saturated carbocycles. The van der Waals surface area contributed by atoms with E-state index in [2.05, 4.69) is 62.8 Å². The first-order valence-corrected chi connectivity index (χ1v) is 28.3. The standard InChI is InChI=1S/C53H65N13O11S3/c1-26(2)16-34-51-63-37(24-79-51)48(75)58-32(18-30-12-14-31(67)15-13-30)46(73)61-35(19-39(54)68)52-62-36(23-78-52)45(72)57-21-41(70)55-20-40(69)56-22-42(71)65-43(27(3)4)50(77)59-33(17-29-10-8-7-9-11-29)47(74)66-44(28(5)6)53-64-38(25-80-53)49(76)60-34/h7-15,23-28,32-35,43-44,67H,16-22H2,1-6H3,(H2,54,68)(H,55,70)(H,56,69)(H,57,72)(H,58,75)(H,59,77)(H,60,76)(H,61,73)(H,65,71)(H,66,74)/t32-,33+,34-,35+,43+,44+/m1/s1. The van der Waals surface area contributed by atoms with E-state index in [0.717, 1.165) is 39.6 Å². The molecule has 0 aliphatic carbocycles. The maximum atomic E-state index is 14.4. The number of aromatic nitrogens is 3. The van der Waals surface area contributed by atoms with Gasteiger partial charge in [-0.1, -0.05) is 84.0 Å². The summed E-state index contributed by atoms with van der Waals surface area (Å²) >= 11 is 3.17. The Bertz CT molecular complexity index is 3030. The van der Waals surface area contributed by atoms with Crippen molar-refractivity contribution in [1.82, 2.24) is 62.8 Å². The first-order chi connectivity index (χ1) is 38.0. The summed E-state index contributed by atoms with van der Waals surface area (Å²) in [5.41, 5.74) is 6.65. The zero-order valence-corrected chi connectivity index (χ0v) is 47.2. The number of fused-ring (bicyclic) bond motifs is 6. The van der Waals surface area contributed by atoms with Crippen molar-refractivity contribution in [2.75, 3.05) is 19.6 Å². The fourth-order valence-electron chi connectivity index (χ4n) is 8.13. The van der Waals surface area contributed by atoms with Gasteiger partial charge in [-0.3, -0.25) is 47.9 Å². The average molecular weight is 1160 g/mol. The van der Waals surface area contributed by atoms with Gasteiger partial charge in [0.15, 0.2) is 0 Å². The first kappa shape index (κ1) is 61.0. The number of hydrogen-bond donors (Lipinski definition) is 11. The van der Waals surface area contributed by atoms with Gasteiger partial charge in [0.2, 0.25) is 41.4 Å². The predicted molar refractivity (Wildman–Crippen MR) is 297 cm³/mol. The van der Waals surface area contributed by atoms with Crippen LogP contribution in [0.5, 0.6) is 5.75 Å². The van der Waals surface area contributed by atoms with Crippen LogP contribution in [0.4, 0.5) is 0 Å². The van der Waals surface area contributed by atoms with Crippen molar-refractivity contribution in [3.63, 3.8) is 0 Å². The van der Waals surface area contributed by atoms with Crippen LogP contribution in [0.1, 0.15) is 130 Å². The highest BCUT2D eigenvalue weighted by atomic mass is 32.1. The van der Waals surface area contributed by atoms with Gasteiger partial charge in [-0.05, 0) is 47.4 Å². The van der Waals surface area contributed by atoms with Crippen molar-refractivity contribution in [2.24, 2.45) is 23.5 Å². The molecule has 0 saturated heterocycles. The third-order valence-corrected chi connectivity index (χ3v) is 15.2. The largest absolute Gasteiger partial charge is 0.508 e. The van der Waals surface area contributed by atoms with Crippen molar-refractivity contribution < 1.29 is 53.1 Å². The number of rotatable bonds is 10. The molecule has 4 heterocycles. The molecule has 3 aromatic heterocycles. The summed E-state index contributed by atoms with van der Waals surface area (Å²) < 4.78 is 0. The molecule has 80 heavy (non-hydrogen) atoms. The highest BCUT2D eigenvalue weighted by Gasteiger charge is 2.34. The number of thiazole rings is 3. The Hall–Kier alpha value is -8.17. The summed E-state index contributed by atoms with van der Waals surface area (Å²) in [6, 6.07) is 8.67. The fourth-order valence-corrected chi connectivity index (χ4v) is 10.9. The molecule has 2 aromatic carbocycles. The minimum atomic E-state index is -1.32. The minimum absolute atomic E-state index is 0.0311. The number of phenolic OH excluding ortho intramolecular Hbond substituents is 1. The van der Waals surface area contributed by atoms with Crippen molar-refractivity contribution in [1.29, 1.82) is 0 Å². The molecule has 27 heteroatoms. The van der Waals surface area contributed by atoms with E-state index in [0.29, 0.717) is 22.0 Å². The average Bonchev–Trinajstić information content (AvgIpc) is 4.22. The third-order valence-electron chi connectivity index (χ3n) is 12.3. The number of nitrogens with zero attached hydrogens (tertiary/aromatic N) is 3. The summed E-state index contributed by atoms with van der Waals surface area (Å²) in [6.45, 7) is 9.23. The van der Waals surface area contributed by atoms with E-state index in [9.17, 15) is 53.1 Å². The lowest BCUT2D eigenvalue weighted by molar-refractivity contribution is -0.133. The molecule has 1 aliphatic rings. The van der Waals surface area contributed by atoms with Crippen LogP contribution in [0, 0.1) is 17.8 Å². The lowest BCUT2D eigenvalue weighted by atomic mass is 9.99. The molecule has 24 nitrogen and oxygen atoms in total. The van der Waals surface area contributed by atoms with Crippen molar-refractivity contribution in [2.45, 2.75) is 103 Å². The van der Waals surface area contributed by atoms with Crippen molar-refractivity contribution >= 4 is 93.1 Å². The molecule has 6 bridgehead atoms. The van der Waals surface area contributed by atoms with Gasteiger partial charge in [0.25, 0.3) is 17.7 Å². The molecule has 0 fully saturated rings. The van der Waals surface area contributed by atoms with Crippen LogP contribution < -0.4 is 53.6 Å². The number of phenols is 1. The molecule has 5 aromatic rings. The molecule has 0 unspecified atom stereocenters. The number of benzene rings is 2. The maximum Gasteiger partial charge on any atom is 0.271 e. The van der Waals surface area contributed by atoms with Crippen LogP contribution in [0.15, 0.2) is 70.7 Å². The van der Waals surface area contributed by atoms with Crippen LogP contribution >= 0.6 is 34.0 Å². The van der Waals surface area contributed by atoms with E-state index in [1.165, 1.54) is 22.9 Å². The molecule has 426 valence electrons. The number of nitrogens with one attached hydrogen (secondary N) is 9. The van der Waals surface area contributed by atoms with Gasteiger partial charge in [0.05, 0.1) is 44.2 Å². The number of carbonyl (C=O) groups is 10. The SMILES string of the molecule is CC(C)C[C@H]1NC(=O)c2csc(n2)[C@H](C(C)C)NC(=O)[C@H](Cc2ccccc2)NC(=O)[C@H](C(C)C)NC(=O)CNC(=O)CNC(=O)CNC(=O)c2csc(n2)[C@H](CC(N)=O)NC(=O)[C@@H](Cc2ccc(O)cc2)NC(=O)c2csc1n2. The molecule has 6 rings (SSSR count). The van der Waals surface area contributed by atoms with Gasteiger partial charge in [0, 0.05) is 29.0 Å². The Balaban J connectivity index is 1.30. The van der Waals surface area contributed by atoms with Gasteiger partial charge < -0.3 is 58.7 Å². The van der Waals surface area contributed by atoms with Crippen LogP contribution in [0.2, 0.25) is 0 Å².